The molecule has 1 N–H and O–H groups in total. The Kier molecular flexibility index (Phi) is 7.99. The first-order chi connectivity index (χ1) is 14.4. The van der Waals surface area contributed by atoms with Crippen LogP contribution >= 0.6 is 11.6 Å². The summed E-state index contributed by atoms with van der Waals surface area (Å²) in [6.07, 6.45) is 0. The minimum absolute atomic E-state index is 0.179. The first-order valence-electron chi connectivity index (χ1n) is 8.70. The van der Waals surface area contributed by atoms with E-state index in [-0.39, 0.29) is 16.5 Å². The van der Waals surface area contributed by atoms with Crippen molar-refractivity contribution < 1.29 is 28.5 Å². The number of hydrogen-bond donors (Lipinski definition) is 1. The summed E-state index contributed by atoms with van der Waals surface area (Å²) in [5.74, 6) is 0.170. The van der Waals surface area contributed by atoms with Crippen molar-refractivity contribution in [2.75, 3.05) is 33.8 Å². The number of ether oxygens (including phenoxy) is 4. The Morgan fingerprint density at radius 1 is 0.967 bits per heavy atom. The number of benzene rings is 2. The minimum Gasteiger partial charge on any atom is -0.497 e. The standard InChI is InChI=1S/C20H22ClN3O6/c1-11(25)17(24-23-14-10-12(27-2)6-8-15(14)28-3)20(26)22-18-16(29-4)9-7-13(21)19(18)30-5/h6-10,17H,1-5H3,(H,22,26). The van der Waals surface area contributed by atoms with Crippen molar-refractivity contribution in [3.05, 3.63) is 35.4 Å². The van der Waals surface area contributed by atoms with Gasteiger partial charge in [-0.15, -0.1) is 0 Å². The summed E-state index contributed by atoms with van der Waals surface area (Å²) in [6.45, 7) is 1.23. The first kappa shape index (κ1) is 23.0. The van der Waals surface area contributed by atoms with E-state index >= 15 is 0 Å². The highest BCUT2D eigenvalue weighted by molar-refractivity contribution is 6.33. The zero-order chi connectivity index (χ0) is 22.3. The SMILES string of the molecule is COc1ccc(OC)c(N=NC(C(C)=O)C(=O)Nc2c(OC)ccc(Cl)c2OC)c1. The fourth-order valence-electron chi connectivity index (χ4n) is 2.53. The molecule has 1 unspecified atom stereocenters. The molecule has 1 atom stereocenters. The molecule has 0 aliphatic carbocycles. The van der Waals surface area contributed by atoms with Gasteiger partial charge in [0.15, 0.2) is 11.5 Å². The van der Waals surface area contributed by atoms with E-state index in [1.807, 2.05) is 0 Å². The third-order valence-corrected chi connectivity index (χ3v) is 4.34. The van der Waals surface area contributed by atoms with Gasteiger partial charge in [0.2, 0.25) is 6.04 Å². The Balaban J connectivity index is 2.37. The van der Waals surface area contributed by atoms with E-state index < -0.39 is 17.7 Å². The number of halogens is 1. The number of nitrogens with one attached hydrogen (secondary N) is 1. The number of anilines is 1. The van der Waals surface area contributed by atoms with E-state index in [2.05, 4.69) is 15.5 Å². The summed E-state index contributed by atoms with van der Waals surface area (Å²) in [6, 6.07) is 6.59. The van der Waals surface area contributed by atoms with Gasteiger partial charge in [-0.05, 0) is 31.2 Å². The lowest BCUT2D eigenvalue weighted by Gasteiger charge is -2.16. The van der Waals surface area contributed by atoms with Gasteiger partial charge in [0.1, 0.15) is 28.6 Å². The number of rotatable bonds is 9. The van der Waals surface area contributed by atoms with Crippen molar-refractivity contribution in [2.45, 2.75) is 13.0 Å². The Morgan fingerprint density at radius 3 is 2.20 bits per heavy atom. The molecule has 160 valence electrons. The summed E-state index contributed by atoms with van der Waals surface area (Å²) < 4.78 is 20.9. The lowest BCUT2D eigenvalue weighted by molar-refractivity contribution is -0.126. The Hall–Kier alpha value is -3.33. The number of carbonyl (C=O) groups is 2. The maximum absolute atomic E-state index is 12.8. The maximum Gasteiger partial charge on any atom is 0.259 e. The normalized spacial score (nSPS) is 11.7. The molecule has 0 saturated heterocycles. The van der Waals surface area contributed by atoms with Crippen LogP contribution in [-0.2, 0) is 9.59 Å². The average Bonchev–Trinajstić information content (AvgIpc) is 2.73. The molecule has 0 radical (unpaired) electrons. The molecular formula is C20H22ClN3O6. The van der Waals surface area contributed by atoms with Gasteiger partial charge in [-0.25, -0.2) is 0 Å². The highest BCUT2D eigenvalue weighted by atomic mass is 35.5. The molecule has 1 amide bonds. The van der Waals surface area contributed by atoms with Crippen LogP contribution in [0, 0.1) is 0 Å². The smallest absolute Gasteiger partial charge is 0.259 e. The fraction of sp³-hybridized carbons (Fsp3) is 0.300. The molecule has 0 aromatic heterocycles. The quantitative estimate of drug-likeness (QED) is 0.470. The Labute approximate surface area is 178 Å². The van der Waals surface area contributed by atoms with E-state index in [0.29, 0.717) is 22.9 Å². The number of Topliss-reactive ketones (excluding diaryl/α,β-unsaturated/α-hetero) is 1. The van der Waals surface area contributed by atoms with Crippen LogP contribution in [0.1, 0.15) is 6.92 Å². The molecule has 2 aromatic carbocycles. The zero-order valence-corrected chi connectivity index (χ0v) is 17.9. The van der Waals surface area contributed by atoms with E-state index in [0.717, 1.165) is 0 Å². The summed E-state index contributed by atoms with van der Waals surface area (Å²) >= 11 is 6.12. The average molecular weight is 436 g/mol. The summed E-state index contributed by atoms with van der Waals surface area (Å²) in [7, 11) is 5.79. The van der Waals surface area contributed by atoms with Crippen molar-refractivity contribution in [1.82, 2.24) is 0 Å². The molecule has 0 saturated carbocycles. The molecule has 0 aliphatic heterocycles. The Bertz CT molecular complexity index is 964. The molecular weight excluding hydrogens is 414 g/mol. The number of ketones is 1. The predicted molar refractivity (Wildman–Crippen MR) is 112 cm³/mol. The van der Waals surface area contributed by atoms with Gasteiger partial charge < -0.3 is 24.3 Å². The second-order valence-corrected chi connectivity index (χ2v) is 6.32. The van der Waals surface area contributed by atoms with Crippen molar-refractivity contribution in [2.24, 2.45) is 10.2 Å². The summed E-state index contributed by atoms with van der Waals surface area (Å²) in [4.78, 5) is 24.9. The molecule has 2 rings (SSSR count). The van der Waals surface area contributed by atoms with Crippen LogP contribution in [0.15, 0.2) is 40.6 Å². The van der Waals surface area contributed by atoms with Crippen LogP contribution in [0.25, 0.3) is 0 Å². The molecule has 10 heteroatoms. The number of methoxy groups -OCH3 is 4. The fourth-order valence-corrected chi connectivity index (χ4v) is 2.77. The van der Waals surface area contributed by atoms with Crippen LogP contribution in [0.2, 0.25) is 5.02 Å². The molecule has 9 nitrogen and oxygen atoms in total. The molecule has 0 aliphatic rings. The van der Waals surface area contributed by atoms with Crippen LogP contribution in [0.3, 0.4) is 0 Å². The van der Waals surface area contributed by atoms with Crippen LogP contribution in [-0.4, -0.2) is 46.2 Å². The lowest BCUT2D eigenvalue weighted by Crippen LogP contribution is -2.32. The summed E-state index contributed by atoms with van der Waals surface area (Å²) in [5.41, 5.74) is 0.478. The van der Waals surface area contributed by atoms with Gasteiger partial charge in [0, 0.05) is 6.07 Å². The maximum atomic E-state index is 12.8. The molecule has 30 heavy (non-hydrogen) atoms. The largest absolute Gasteiger partial charge is 0.497 e. The molecule has 0 spiro atoms. The highest BCUT2D eigenvalue weighted by Gasteiger charge is 2.26. The van der Waals surface area contributed by atoms with Gasteiger partial charge in [0.25, 0.3) is 5.91 Å². The van der Waals surface area contributed by atoms with E-state index in [4.69, 9.17) is 30.5 Å². The van der Waals surface area contributed by atoms with Crippen molar-refractivity contribution in [3.63, 3.8) is 0 Å². The first-order valence-corrected chi connectivity index (χ1v) is 9.08. The number of carbonyl (C=O) groups excluding carboxylic acids is 2. The number of nitrogens with zero attached hydrogens (tertiary/aromatic N) is 2. The van der Waals surface area contributed by atoms with Gasteiger partial charge in [-0.2, -0.15) is 10.2 Å². The van der Waals surface area contributed by atoms with E-state index in [1.54, 1.807) is 30.3 Å². The second-order valence-electron chi connectivity index (χ2n) is 5.91. The molecule has 0 bridgehead atoms. The molecule has 0 fully saturated rings. The zero-order valence-electron chi connectivity index (χ0n) is 17.2. The van der Waals surface area contributed by atoms with Crippen LogP contribution < -0.4 is 24.3 Å². The number of hydrogen-bond acceptors (Lipinski definition) is 8. The van der Waals surface area contributed by atoms with Crippen LogP contribution in [0.4, 0.5) is 11.4 Å². The van der Waals surface area contributed by atoms with E-state index in [9.17, 15) is 9.59 Å². The molecule has 0 heterocycles. The third-order valence-electron chi connectivity index (χ3n) is 4.04. The number of amides is 1. The van der Waals surface area contributed by atoms with Crippen molar-refractivity contribution >= 4 is 34.7 Å². The molecule has 2 aromatic rings. The minimum atomic E-state index is -1.42. The van der Waals surface area contributed by atoms with Gasteiger partial charge in [0.05, 0.1) is 33.5 Å². The van der Waals surface area contributed by atoms with Gasteiger partial charge >= 0.3 is 0 Å². The predicted octanol–water partition coefficient (Wildman–Crippen LogP) is 4.05. The monoisotopic (exact) mass is 435 g/mol. The third kappa shape index (κ3) is 5.18. The van der Waals surface area contributed by atoms with Gasteiger partial charge in [-0.3, -0.25) is 9.59 Å². The lowest BCUT2D eigenvalue weighted by atomic mass is 10.2. The van der Waals surface area contributed by atoms with Crippen molar-refractivity contribution in [1.29, 1.82) is 0 Å². The van der Waals surface area contributed by atoms with Gasteiger partial charge in [-0.1, -0.05) is 11.6 Å². The van der Waals surface area contributed by atoms with E-state index in [1.165, 1.54) is 35.4 Å². The Morgan fingerprint density at radius 2 is 1.63 bits per heavy atom. The number of azo groups is 1. The highest BCUT2D eigenvalue weighted by Crippen LogP contribution is 2.40. The van der Waals surface area contributed by atoms with Crippen molar-refractivity contribution in [3.8, 4) is 23.0 Å². The summed E-state index contributed by atoms with van der Waals surface area (Å²) in [5, 5.41) is 10.8. The second kappa shape index (κ2) is 10.4. The topological polar surface area (TPSA) is 108 Å². The van der Waals surface area contributed by atoms with Crippen LogP contribution in [0.5, 0.6) is 23.0 Å².